The summed E-state index contributed by atoms with van der Waals surface area (Å²) in [5, 5.41) is 19.0. The molecule has 1 aliphatic rings. The zero-order valence-electron chi connectivity index (χ0n) is 16.3. The van der Waals surface area contributed by atoms with Gasteiger partial charge < -0.3 is 10.0 Å². The first-order valence-corrected chi connectivity index (χ1v) is 10.2. The molecule has 7 nitrogen and oxygen atoms in total. The van der Waals surface area contributed by atoms with Crippen LogP contribution in [0.15, 0.2) is 47.8 Å². The minimum atomic E-state index is -2.46. The summed E-state index contributed by atoms with van der Waals surface area (Å²) in [6.45, 7) is 1.89. The maximum atomic E-state index is 12.9. The van der Waals surface area contributed by atoms with Crippen LogP contribution in [0.2, 0.25) is 0 Å². The molecule has 0 saturated carbocycles. The van der Waals surface area contributed by atoms with Crippen LogP contribution in [0.5, 0.6) is 0 Å². The van der Waals surface area contributed by atoms with Crippen LogP contribution in [0.25, 0.3) is 0 Å². The molecule has 0 bridgehead atoms. The van der Waals surface area contributed by atoms with Gasteiger partial charge in [-0.15, -0.1) is 0 Å². The first-order chi connectivity index (χ1) is 14.4. The molecular weight excluding hydrogens is 412 g/mol. The minimum absolute atomic E-state index is 0.137. The average Bonchev–Trinajstić information content (AvgIpc) is 3.36. The molecule has 1 aliphatic heterocycles. The lowest BCUT2D eigenvalue weighted by atomic mass is 9.98. The molecule has 1 N–H and O–H groups in total. The number of aliphatic hydroxyl groups is 1. The van der Waals surface area contributed by atoms with E-state index in [1.54, 1.807) is 15.2 Å². The molecule has 158 valence electrons. The molecule has 1 aromatic carbocycles. The van der Waals surface area contributed by atoms with Crippen molar-refractivity contribution in [2.75, 3.05) is 6.61 Å². The number of hydrogen-bond donors (Lipinski definition) is 1. The smallest absolute Gasteiger partial charge is 0.257 e. The van der Waals surface area contributed by atoms with Crippen LogP contribution in [-0.2, 0) is 24.4 Å². The van der Waals surface area contributed by atoms with Gasteiger partial charge in [-0.3, -0.25) is 9.48 Å². The summed E-state index contributed by atoms with van der Waals surface area (Å²) in [4.78, 5) is 14.6. The molecule has 3 aromatic rings. The lowest BCUT2D eigenvalue weighted by Crippen LogP contribution is -2.32. The van der Waals surface area contributed by atoms with Gasteiger partial charge in [0.25, 0.3) is 6.43 Å². The van der Waals surface area contributed by atoms with Crippen LogP contribution in [-0.4, -0.2) is 47.9 Å². The molecule has 2 aromatic heterocycles. The Labute approximate surface area is 176 Å². The highest BCUT2D eigenvalue weighted by molar-refractivity contribution is 7.97. The van der Waals surface area contributed by atoms with E-state index in [0.29, 0.717) is 18.1 Å². The summed E-state index contributed by atoms with van der Waals surface area (Å²) in [6.07, 6.45) is 0.956. The van der Waals surface area contributed by atoms with Crippen molar-refractivity contribution >= 4 is 17.9 Å². The summed E-state index contributed by atoms with van der Waals surface area (Å²) < 4.78 is 28.0. The molecule has 0 fully saturated rings. The monoisotopic (exact) mass is 433 g/mol. The molecule has 0 saturated heterocycles. The zero-order valence-corrected chi connectivity index (χ0v) is 17.1. The molecule has 0 spiro atoms. The van der Waals surface area contributed by atoms with Crippen molar-refractivity contribution in [2.45, 2.75) is 43.9 Å². The number of nitrogens with zero attached hydrogens (tertiary/aromatic N) is 5. The Balaban J connectivity index is 1.43. The van der Waals surface area contributed by atoms with E-state index < -0.39 is 18.9 Å². The van der Waals surface area contributed by atoms with Crippen molar-refractivity contribution in [3.8, 4) is 0 Å². The SMILES string of the molecule is Cc1cn(CC(F)F)nc1Sn1cc2c(n1)CN(C(=O)C(CO)c1ccccc1)C2. The highest BCUT2D eigenvalue weighted by atomic mass is 32.2. The predicted octanol–water partition coefficient (Wildman–Crippen LogP) is 2.83. The largest absolute Gasteiger partial charge is 0.395 e. The van der Waals surface area contributed by atoms with Crippen LogP contribution < -0.4 is 0 Å². The lowest BCUT2D eigenvalue weighted by Gasteiger charge is -2.22. The Kier molecular flexibility index (Phi) is 5.87. The number of benzene rings is 1. The molecular formula is C20H21F2N5O2S. The highest BCUT2D eigenvalue weighted by Gasteiger charge is 2.31. The number of halogens is 2. The number of carbonyl (C=O) groups is 1. The quantitative estimate of drug-likeness (QED) is 0.620. The van der Waals surface area contributed by atoms with Gasteiger partial charge in [-0.25, -0.2) is 12.9 Å². The van der Waals surface area contributed by atoms with E-state index in [-0.39, 0.29) is 12.5 Å². The number of carbonyl (C=O) groups excluding carboxylic acids is 1. The minimum Gasteiger partial charge on any atom is -0.395 e. The number of aryl methyl sites for hydroxylation is 1. The van der Waals surface area contributed by atoms with Gasteiger partial charge in [-0.1, -0.05) is 30.3 Å². The van der Waals surface area contributed by atoms with Gasteiger partial charge in [-0.2, -0.15) is 10.2 Å². The number of alkyl halides is 2. The third kappa shape index (κ3) is 4.24. The summed E-state index contributed by atoms with van der Waals surface area (Å²) in [5.41, 5.74) is 3.28. The van der Waals surface area contributed by atoms with Gasteiger partial charge in [0.2, 0.25) is 5.91 Å². The van der Waals surface area contributed by atoms with Crippen LogP contribution in [0.1, 0.15) is 28.3 Å². The topological polar surface area (TPSA) is 76.2 Å². The second-order valence-corrected chi connectivity index (χ2v) is 8.11. The number of amides is 1. The normalized spacial score (nSPS) is 14.4. The zero-order chi connectivity index (χ0) is 21.3. The summed E-state index contributed by atoms with van der Waals surface area (Å²) >= 11 is 1.25. The lowest BCUT2D eigenvalue weighted by molar-refractivity contribution is -0.134. The van der Waals surface area contributed by atoms with Crippen molar-refractivity contribution in [2.24, 2.45) is 0 Å². The first-order valence-electron chi connectivity index (χ1n) is 9.47. The van der Waals surface area contributed by atoms with Crippen molar-refractivity contribution < 1.29 is 18.7 Å². The van der Waals surface area contributed by atoms with Gasteiger partial charge in [0, 0.05) is 42.0 Å². The molecule has 0 radical (unpaired) electrons. The fraction of sp³-hybridized carbons (Fsp3) is 0.350. The van der Waals surface area contributed by atoms with Gasteiger partial charge in [0.15, 0.2) is 0 Å². The van der Waals surface area contributed by atoms with Crippen molar-refractivity contribution in [3.05, 3.63) is 65.1 Å². The Morgan fingerprint density at radius 2 is 1.97 bits per heavy atom. The van der Waals surface area contributed by atoms with E-state index in [2.05, 4.69) is 10.2 Å². The average molecular weight is 433 g/mol. The molecule has 0 aliphatic carbocycles. The number of aromatic nitrogens is 4. The van der Waals surface area contributed by atoms with Crippen LogP contribution >= 0.6 is 11.9 Å². The molecule has 1 amide bonds. The van der Waals surface area contributed by atoms with Crippen molar-refractivity contribution in [1.82, 2.24) is 23.9 Å². The number of hydrogen-bond acceptors (Lipinski definition) is 5. The number of rotatable bonds is 7. The molecule has 1 atom stereocenters. The maximum absolute atomic E-state index is 12.9. The van der Waals surface area contributed by atoms with E-state index in [0.717, 1.165) is 22.4 Å². The Morgan fingerprint density at radius 1 is 1.20 bits per heavy atom. The maximum Gasteiger partial charge on any atom is 0.257 e. The van der Waals surface area contributed by atoms with E-state index >= 15 is 0 Å². The molecule has 4 rings (SSSR count). The van der Waals surface area contributed by atoms with Gasteiger partial charge >= 0.3 is 0 Å². The van der Waals surface area contributed by atoms with Crippen molar-refractivity contribution in [3.63, 3.8) is 0 Å². The van der Waals surface area contributed by atoms with E-state index in [1.165, 1.54) is 16.6 Å². The predicted molar refractivity (Wildman–Crippen MR) is 107 cm³/mol. The molecule has 10 heteroatoms. The molecule has 3 heterocycles. The van der Waals surface area contributed by atoms with Gasteiger partial charge in [0.1, 0.15) is 11.6 Å². The second-order valence-electron chi connectivity index (χ2n) is 7.17. The van der Waals surface area contributed by atoms with Crippen LogP contribution in [0.4, 0.5) is 8.78 Å². The standard InChI is InChI=1S/C20H21F2N5O2S/c1-13-7-26(11-18(21)22)24-19(13)30-27-9-15-8-25(10-17(15)23-27)20(29)16(12-28)14-5-3-2-4-6-14/h2-7,9,16,18,28H,8,10-12H2,1H3. The second kappa shape index (κ2) is 8.57. The first kappa shape index (κ1) is 20.5. The highest BCUT2D eigenvalue weighted by Crippen LogP contribution is 2.29. The number of aliphatic hydroxyl groups excluding tert-OH is 1. The fourth-order valence-corrected chi connectivity index (χ4v) is 4.31. The summed E-state index contributed by atoms with van der Waals surface area (Å²) in [6, 6.07) is 9.22. The van der Waals surface area contributed by atoms with Gasteiger partial charge in [-0.05, 0) is 12.5 Å². The molecule has 30 heavy (non-hydrogen) atoms. The molecule has 1 unspecified atom stereocenters. The summed E-state index contributed by atoms with van der Waals surface area (Å²) in [5.74, 6) is -0.736. The third-order valence-corrected chi connectivity index (χ3v) is 5.91. The van der Waals surface area contributed by atoms with Crippen LogP contribution in [0, 0.1) is 6.92 Å². The fourth-order valence-electron chi connectivity index (χ4n) is 3.48. The van der Waals surface area contributed by atoms with E-state index in [9.17, 15) is 18.7 Å². The van der Waals surface area contributed by atoms with Crippen molar-refractivity contribution in [1.29, 1.82) is 0 Å². The Hall–Kier alpha value is -2.72. The third-order valence-electron chi connectivity index (χ3n) is 4.96. The van der Waals surface area contributed by atoms with E-state index in [1.807, 2.05) is 43.5 Å². The number of fused-ring (bicyclic) bond motifs is 1. The summed E-state index contributed by atoms with van der Waals surface area (Å²) in [7, 11) is 0. The van der Waals surface area contributed by atoms with Crippen LogP contribution in [0.3, 0.4) is 0 Å². The Bertz CT molecular complexity index is 1010. The van der Waals surface area contributed by atoms with Gasteiger partial charge in [0.05, 0.1) is 24.8 Å². The Morgan fingerprint density at radius 3 is 2.63 bits per heavy atom. The van der Waals surface area contributed by atoms with E-state index in [4.69, 9.17) is 0 Å².